The summed E-state index contributed by atoms with van der Waals surface area (Å²) in [6, 6.07) is 12.5. The highest BCUT2D eigenvalue weighted by Crippen LogP contribution is 2.24. The summed E-state index contributed by atoms with van der Waals surface area (Å²) in [5.74, 6) is 0.538. The van der Waals surface area contributed by atoms with E-state index in [1.165, 1.54) is 0 Å². The minimum atomic E-state index is -0.570. The van der Waals surface area contributed by atoms with E-state index in [0.29, 0.717) is 29.5 Å². The van der Waals surface area contributed by atoms with Crippen LogP contribution in [0.25, 0.3) is 0 Å². The zero-order chi connectivity index (χ0) is 24.4. The van der Waals surface area contributed by atoms with Crippen molar-refractivity contribution in [1.29, 1.82) is 0 Å². The fourth-order valence-electron chi connectivity index (χ4n) is 3.39. The van der Waals surface area contributed by atoms with E-state index < -0.39 is 6.04 Å². The lowest BCUT2D eigenvalue weighted by molar-refractivity contribution is -0.141. The number of carbonyl (C=O) groups is 2. The Hall–Kier alpha value is -2.24. The summed E-state index contributed by atoms with van der Waals surface area (Å²) >= 11 is 12.2. The molecule has 1 N–H and O–H groups in total. The Bertz CT molecular complexity index is 918. The third-order valence-corrected chi connectivity index (χ3v) is 6.29. The van der Waals surface area contributed by atoms with Gasteiger partial charge in [-0.15, -0.1) is 0 Å². The zero-order valence-corrected chi connectivity index (χ0v) is 21.4. The van der Waals surface area contributed by atoms with E-state index >= 15 is 0 Å². The molecule has 0 aliphatic rings. The third-order valence-electron chi connectivity index (χ3n) is 5.55. The van der Waals surface area contributed by atoms with Gasteiger partial charge in [-0.1, -0.05) is 60.8 Å². The van der Waals surface area contributed by atoms with Crippen LogP contribution in [-0.2, 0) is 16.1 Å². The van der Waals surface area contributed by atoms with Crippen molar-refractivity contribution in [3.05, 3.63) is 63.6 Å². The van der Waals surface area contributed by atoms with Gasteiger partial charge in [0.25, 0.3) is 0 Å². The van der Waals surface area contributed by atoms with Crippen molar-refractivity contribution >= 4 is 35.0 Å². The molecule has 7 heteroatoms. The van der Waals surface area contributed by atoms with Gasteiger partial charge in [-0.2, -0.15) is 0 Å². The lowest BCUT2D eigenvalue weighted by Gasteiger charge is -2.31. The Labute approximate surface area is 207 Å². The Morgan fingerprint density at radius 2 is 1.73 bits per heavy atom. The standard InChI is InChI=1S/C26H34Cl2N2O3/c1-5-19(4)29-26(32)24(6-2)30(17-20-11-14-22(27)23(28)16-20)25(31)8-7-15-33-21-12-9-18(3)10-13-21/h9-14,16,19,24H,5-8,15,17H2,1-4H3,(H,29,32)/t19-,24+/m1/s1. The van der Waals surface area contributed by atoms with E-state index in [-0.39, 0.29) is 30.8 Å². The molecule has 2 atom stereocenters. The molecule has 0 radical (unpaired) electrons. The maximum absolute atomic E-state index is 13.2. The molecule has 5 nitrogen and oxygen atoms in total. The van der Waals surface area contributed by atoms with Crippen molar-refractivity contribution < 1.29 is 14.3 Å². The Balaban J connectivity index is 2.09. The van der Waals surface area contributed by atoms with Gasteiger partial charge in [-0.3, -0.25) is 9.59 Å². The Kier molecular flexibility index (Phi) is 11.0. The van der Waals surface area contributed by atoms with E-state index in [1.807, 2.05) is 58.0 Å². The van der Waals surface area contributed by atoms with Gasteiger partial charge in [0, 0.05) is 19.0 Å². The Morgan fingerprint density at radius 1 is 1.03 bits per heavy atom. The van der Waals surface area contributed by atoms with Gasteiger partial charge in [0.2, 0.25) is 11.8 Å². The number of rotatable bonds is 12. The SMILES string of the molecule is CC[C@@H](C)NC(=O)[C@H](CC)N(Cc1ccc(Cl)c(Cl)c1)C(=O)CCCOc1ccc(C)cc1. The number of nitrogens with one attached hydrogen (secondary N) is 1. The van der Waals surface area contributed by atoms with Crippen LogP contribution in [0, 0.1) is 6.92 Å². The number of aryl methyl sites for hydroxylation is 1. The van der Waals surface area contributed by atoms with Crippen molar-refractivity contribution in [2.24, 2.45) is 0 Å². The molecular formula is C26H34Cl2N2O3. The average Bonchev–Trinajstić information content (AvgIpc) is 2.79. The maximum atomic E-state index is 13.2. The normalized spacial score (nSPS) is 12.7. The molecule has 33 heavy (non-hydrogen) atoms. The van der Waals surface area contributed by atoms with Crippen LogP contribution < -0.4 is 10.1 Å². The van der Waals surface area contributed by atoms with Crippen molar-refractivity contribution in [2.75, 3.05) is 6.61 Å². The minimum absolute atomic E-state index is 0.0383. The molecule has 0 bridgehead atoms. The molecule has 2 aromatic rings. The number of benzene rings is 2. The number of hydrogen-bond donors (Lipinski definition) is 1. The monoisotopic (exact) mass is 492 g/mol. The molecular weight excluding hydrogens is 459 g/mol. The number of nitrogens with zero attached hydrogens (tertiary/aromatic N) is 1. The summed E-state index contributed by atoms with van der Waals surface area (Å²) in [5, 5.41) is 3.88. The van der Waals surface area contributed by atoms with Crippen LogP contribution in [0.2, 0.25) is 10.0 Å². The number of ether oxygens (including phenoxy) is 1. The molecule has 2 rings (SSSR count). The second-order valence-corrected chi connectivity index (χ2v) is 9.09. The number of amides is 2. The van der Waals surface area contributed by atoms with Gasteiger partial charge in [-0.05, 0) is 62.9 Å². The molecule has 0 heterocycles. The summed E-state index contributed by atoms with van der Waals surface area (Å²) in [7, 11) is 0. The predicted molar refractivity (Wildman–Crippen MR) is 135 cm³/mol. The minimum Gasteiger partial charge on any atom is -0.494 e. The van der Waals surface area contributed by atoms with Crippen LogP contribution in [-0.4, -0.2) is 35.4 Å². The van der Waals surface area contributed by atoms with Gasteiger partial charge in [0.15, 0.2) is 0 Å². The van der Waals surface area contributed by atoms with Crippen LogP contribution >= 0.6 is 23.2 Å². The predicted octanol–water partition coefficient (Wildman–Crippen LogP) is 6.18. The molecule has 0 unspecified atom stereocenters. The number of carbonyl (C=O) groups excluding carboxylic acids is 2. The quantitative estimate of drug-likeness (QED) is 0.359. The van der Waals surface area contributed by atoms with E-state index in [1.54, 1.807) is 17.0 Å². The highest BCUT2D eigenvalue weighted by molar-refractivity contribution is 6.42. The first kappa shape index (κ1) is 27.0. The van der Waals surface area contributed by atoms with Crippen LogP contribution in [0.3, 0.4) is 0 Å². The van der Waals surface area contributed by atoms with Gasteiger partial charge >= 0.3 is 0 Å². The molecule has 0 spiro atoms. The van der Waals surface area contributed by atoms with Crippen molar-refractivity contribution in [3.63, 3.8) is 0 Å². The lowest BCUT2D eigenvalue weighted by atomic mass is 10.1. The van der Waals surface area contributed by atoms with Crippen LogP contribution in [0.5, 0.6) is 5.75 Å². The molecule has 0 aromatic heterocycles. The highest BCUT2D eigenvalue weighted by atomic mass is 35.5. The fourth-order valence-corrected chi connectivity index (χ4v) is 3.71. The van der Waals surface area contributed by atoms with Crippen LogP contribution in [0.1, 0.15) is 57.6 Å². The van der Waals surface area contributed by atoms with Gasteiger partial charge in [0.1, 0.15) is 11.8 Å². The van der Waals surface area contributed by atoms with Gasteiger partial charge in [-0.25, -0.2) is 0 Å². The van der Waals surface area contributed by atoms with Crippen molar-refractivity contribution in [1.82, 2.24) is 10.2 Å². The summed E-state index contributed by atoms with van der Waals surface area (Å²) in [4.78, 5) is 27.9. The second-order valence-electron chi connectivity index (χ2n) is 8.28. The molecule has 0 aliphatic carbocycles. The van der Waals surface area contributed by atoms with Crippen LogP contribution in [0.15, 0.2) is 42.5 Å². The first-order valence-corrected chi connectivity index (χ1v) is 12.2. The summed E-state index contributed by atoms with van der Waals surface area (Å²) in [6.45, 7) is 8.60. The van der Waals surface area contributed by atoms with E-state index in [2.05, 4.69) is 5.32 Å². The summed E-state index contributed by atoms with van der Waals surface area (Å²) in [5.41, 5.74) is 1.99. The first-order valence-electron chi connectivity index (χ1n) is 11.5. The summed E-state index contributed by atoms with van der Waals surface area (Å²) in [6.07, 6.45) is 2.16. The first-order chi connectivity index (χ1) is 15.7. The van der Waals surface area contributed by atoms with E-state index in [4.69, 9.17) is 27.9 Å². The van der Waals surface area contributed by atoms with Crippen molar-refractivity contribution in [3.8, 4) is 5.75 Å². The van der Waals surface area contributed by atoms with Gasteiger partial charge < -0.3 is 15.0 Å². The molecule has 2 amide bonds. The second kappa shape index (κ2) is 13.5. The molecule has 0 aliphatic heterocycles. The fraction of sp³-hybridized carbons (Fsp3) is 0.462. The van der Waals surface area contributed by atoms with Gasteiger partial charge in [0.05, 0.1) is 16.7 Å². The highest BCUT2D eigenvalue weighted by Gasteiger charge is 2.29. The smallest absolute Gasteiger partial charge is 0.243 e. The lowest BCUT2D eigenvalue weighted by Crippen LogP contribution is -2.50. The van der Waals surface area contributed by atoms with E-state index in [9.17, 15) is 9.59 Å². The molecule has 2 aromatic carbocycles. The van der Waals surface area contributed by atoms with E-state index in [0.717, 1.165) is 23.3 Å². The number of hydrogen-bond acceptors (Lipinski definition) is 3. The average molecular weight is 493 g/mol. The topological polar surface area (TPSA) is 58.6 Å². The number of halogens is 2. The summed E-state index contributed by atoms with van der Waals surface area (Å²) < 4.78 is 5.76. The Morgan fingerprint density at radius 3 is 2.33 bits per heavy atom. The largest absolute Gasteiger partial charge is 0.494 e. The molecule has 0 fully saturated rings. The molecule has 0 saturated carbocycles. The molecule has 180 valence electrons. The third kappa shape index (κ3) is 8.56. The van der Waals surface area contributed by atoms with Crippen molar-refractivity contribution in [2.45, 2.75) is 72.0 Å². The maximum Gasteiger partial charge on any atom is 0.243 e. The zero-order valence-electron chi connectivity index (χ0n) is 19.9. The molecule has 0 saturated heterocycles. The van der Waals surface area contributed by atoms with Crippen LogP contribution in [0.4, 0.5) is 0 Å².